The molecule has 0 unspecified atom stereocenters. The molecule has 0 saturated carbocycles. The number of methoxy groups -OCH3 is 2. The lowest BCUT2D eigenvalue weighted by Gasteiger charge is -2.40. The summed E-state index contributed by atoms with van der Waals surface area (Å²) in [6, 6.07) is 6.19. The normalized spacial score (nSPS) is 20.8. The van der Waals surface area contributed by atoms with E-state index >= 15 is 0 Å². The number of nitrogens with two attached hydrogens (primary N) is 1. The van der Waals surface area contributed by atoms with Crippen LogP contribution >= 0.6 is 0 Å². The van der Waals surface area contributed by atoms with Crippen molar-refractivity contribution in [2.24, 2.45) is 17.8 Å². The maximum absolute atomic E-state index is 5.92. The van der Waals surface area contributed by atoms with Crippen LogP contribution in [0, 0.1) is 17.8 Å². The fourth-order valence-corrected chi connectivity index (χ4v) is 4.34. The standard InChI is InChI=1S/C22H37NO3/c1-16(2)19(18-10-12-26-22(3,4)14-18)9-11-23-15-17-7-8-20(24-5)21(13-17)25-6/h7-8,13,16,18-19,23H,9-12,14-15H2,1-6H3/p+1/t18-,19-/m0/s1. The lowest BCUT2D eigenvalue weighted by atomic mass is 9.73. The summed E-state index contributed by atoms with van der Waals surface area (Å²) >= 11 is 0. The SMILES string of the molecule is COc1ccc(C[NH2+]CC[C@@H](C(C)C)[C@H]2CCOC(C)(C)C2)cc1OC. The molecule has 1 aromatic rings. The van der Waals surface area contributed by atoms with E-state index in [9.17, 15) is 0 Å². The Morgan fingerprint density at radius 2 is 1.92 bits per heavy atom. The van der Waals surface area contributed by atoms with Crippen molar-refractivity contribution in [2.75, 3.05) is 27.4 Å². The highest BCUT2D eigenvalue weighted by Gasteiger charge is 2.34. The summed E-state index contributed by atoms with van der Waals surface area (Å²) in [4.78, 5) is 0. The van der Waals surface area contributed by atoms with Crippen molar-refractivity contribution in [3.05, 3.63) is 23.8 Å². The fourth-order valence-electron chi connectivity index (χ4n) is 4.34. The zero-order valence-electron chi connectivity index (χ0n) is 17.5. The van der Waals surface area contributed by atoms with Crippen LogP contribution < -0.4 is 14.8 Å². The molecule has 1 fully saturated rings. The average Bonchev–Trinajstić information content (AvgIpc) is 2.60. The molecule has 2 rings (SSSR count). The first-order chi connectivity index (χ1) is 12.4. The van der Waals surface area contributed by atoms with E-state index in [0.29, 0.717) is 0 Å². The van der Waals surface area contributed by atoms with Crippen LogP contribution in [-0.4, -0.2) is 33.0 Å². The number of quaternary nitrogens is 1. The molecular formula is C22H38NO3+. The third kappa shape index (κ3) is 5.88. The Labute approximate surface area is 159 Å². The third-order valence-corrected chi connectivity index (χ3v) is 5.73. The maximum Gasteiger partial charge on any atom is 0.161 e. The van der Waals surface area contributed by atoms with Crippen LogP contribution in [0.15, 0.2) is 18.2 Å². The highest BCUT2D eigenvalue weighted by atomic mass is 16.5. The molecule has 0 spiro atoms. The van der Waals surface area contributed by atoms with Gasteiger partial charge in [0, 0.05) is 12.2 Å². The van der Waals surface area contributed by atoms with E-state index in [-0.39, 0.29) is 5.60 Å². The maximum atomic E-state index is 5.92. The molecule has 1 aromatic carbocycles. The number of ether oxygens (including phenoxy) is 3. The molecule has 1 aliphatic rings. The topological polar surface area (TPSA) is 44.3 Å². The lowest BCUT2D eigenvalue weighted by molar-refractivity contribution is -0.671. The second-order valence-electron chi connectivity index (χ2n) is 8.53. The van der Waals surface area contributed by atoms with Crippen LogP contribution in [0.5, 0.6) is 11.5 Å². The van der Waals surface area contributed by atoms with E-state index in [1.165, 1.54) is 24.8 Å². The number of benzene rings is 1. The third-order valence-electron chi connectivity index (χ3n) is 5.73. The molecule has 0 aliphatic carbocycles. The van der Waals surface area contributed by atoms with Crippen molar-refractivity contribution in [1.29, 1.82) is 0 Å². The lowest BCUT2D eigenvalue weighted by Crippen LogP contribution is -2.82. The molecule has 0 radical (unpaired) electrons. The van der Waals surface area contributed by atoms with Crippen LogP contribution in [0.4, 0.5) is 0 Å². The van der Waals surface area contributed by atoms with Crippen LogP contribution in [0.1, 0.15) is 52.5 Å². The van der Waals surface area contributed by atoms with Gasteiger partial charge in [-0.1, -0.05) is 13.8 Å². The molecular weight excluding hydrogens is 326 g/mol. The summed E-state index contributed by atoms with van der Waals surface area (Å²) in [5.41, 5.74) is 1.32. The summed E-state index contributed by atoms with van der Waals surface area (Å²) in [6.45, 7) is 12.3. The Morgan fingerprint density at radius 1 is 1.19 bits per heavy atom. The molecule has 0 bridgehead atoms. The molecule has 2 N–H and O–H groups in total. The summed E-state index contributed by atoms with van der Waals surface area (Å²) < 4.78 is 16.6. The number of hydrogen-bond acceptors (Lipinski definition) is 3. The van der Waals surface area contributed by atoms with Gasteiger partial charge in [0.15, 0.2) is 11.5 Å². The van der Waals surface area contributed by atoms with Gasteiger partial charge in [-0.05, 0) is 69.1 Å². The molecule has 0 amide bonds. The Bertz CT molecular complexity index is 556. The minimum atomic E-state index is 0.0411. The van der Waals surface area contributed by atoms with Gasteiger partial charge in [-0.2, -0.15) is 0 Å². The highest BCUT2D eigenvalue weighted by Crippen LogP contribution is 2.37. The molecule has 2 atom stereocenters. The van der Waals surface area contributed by atoms with Crippen LogP contribution in [-0.2, 0) is 11.3 Å². The minimum absolute atomic E-state index is 0.0411. The average molecular weight is 365 g/mol. The van der Waals surface area contributed by atoms with Gasteiger partial charge in [0.05, 0.1) is 26.4 Å². The van der Waals surface area contributed by atoms with Gasteiger partial charge in [-0.25, -0.2) is 0 Å². The Morgan fingerprint density at radius 3 is 2.54 bits per heavy atom. The molecule has 1 heterocycles. The molecule has 0 aromatic heterocycles. The van der Waals surface area contributed by atoms with Crippen LogP contribution in [0.25, 0.3) is 0 Å². The first-order valence-electron chi connectivity index (χ1n) is 10.0. The predicted molar refractivity (Wildman–Crippen MR) is 106 cm³/mol. The Kier molecular flexibility index (Phi) is 7.78. The van der Waals surface area contributed by atoms with E-state index in [1.54, 1.807) is 14.2 Å². The first-order valence-corrected chi connectivity index (χ1v) is 10.0. The van der Waals surface area contributed by atoms with Gasteiger partial charge in [0.25, 0.3) is 0 Å². The first kappa shape index (κ1) is 21.0. The van der Waals surface area contributed by atoms with Gasteiger partial charge in [0.1, 0.15) is 6.54 Å². The van der Waals surface area contributed by atoms with Gasteiger partial charge in [-0.15, -0.1) is 0 Å². The van der Waals surface area contributed by atoms with E-state index in [2.05, 4.69) is 45.1 Å². The molecule has 4 nitrogen and oxygen atoms in total. The van der Waals surface area contributed by atoms with Crippen LogP contribution in [0.2, 0.25) is 0 Å². The summed E-state index contributed by atoms with van der Waals surface area (Å²) in [5, 5.41) is 2.42. The van der Waals surface area contributed by atoms with E-state index in [0.717, 1.165) is 48.9 Å². The Balaban J connectivity index is 1.85. The highest BCUT2D eigenvalue weighted by molar-refractivity contribution is 5.42. The van der Waals surface area contributed by atoms with Crippen LogP contribution in [0.3, 0.4) is 0 Å². The Hall–Kier alpha value is -1.26. The van der Waals surface area contributed by atoms with Gasteiger partial charge in [-0.3, -0.25) is 0 Å². The predicted octanol–water partition coefficient (Wildman–Crippen LogP) is 3.63. The van der Waals surface area contributed by atoms with Gasteiger partial charge >= 0.3 is 0 Å². The monoisotopic (exact) mass is 364 g/mol. The van der Waals surface area contributed by atoms with Crippen molar-refractivity contribution < 1.29 is 19.5 Å². The van der Waals surface area contributed by atoms with Crippen molar-refractivity contribution in [2.45, 2.75) is 59.1 Å². The van der Waals surface area contributed by atoms with E-state index in [1.807, 2.05) is 6.07 Å². The van der Waals surface area contributed by atoms with Gasteiger partial charge < -0.3 is 19.5 Å². The number of rotatable bonds is 9. The van der Waals surface area contributed by atoms with Gasteiger partial charge in [0.2, 0.25) is 0 Å². The molecule has 1 aliphatic heterocycles. The zero-order chi connectivity index (χ0) is 19.2. The largest absolute Gasteiger partial charge is 0.493 e. The van der Waals surface area contributed by atoms with E-state index in [4.69, 9.17) is 14.2 Å². The van der Waals surface area contributed by atoms with Crippen molar-refractivity contribution >= 4 is 0 Å². The molecule has 1 saturated heterocycles. The minimum Gasteiger partial charge on any atom is -0.493 e. The number of hydrogen-bond donors (Lipinski definition) is 1. The summed E-state index contributed by atoms with van der Waals surface area (Å²) in [7, 11) is 3.36. The zero-order valence-corrected chi connectivity index (χ0v) is 17.5. The smallest absolute Gasteiger partial charge is 0.161 e. The second kappa shape index (κ2) is 9.61. The fraction of sp³-hybridized carbons (Fsp3) is 0.727. The van der Waals surface area contributed by atoms with E-state index < -0.39 is 0 Å². The molecule has 26 heavy (non-hydrogen) atoms. The summed E-state index contributed by atoms with van der Waals surface area (Å²) in [5.74, 6) is 3.89. The quantitative estimate of drug-likeness (QED) is 0.681. The van der Waals surface area contributed by atoms with Crippen molar-refractivity contribution in [1.82, 2.24) is 0 Å². The molecule has 4 heteroatoms. The second-order valence-corrected chi connectivity index (χ2v) is 8.53. The van der Waals surface area contributed by atoms with Crippen molar-refractivity contribution in [3.8, 4) is 11.5 Å². The summed E-state index contributed by atoms with van der Waals surface area (Å²) in [6.07, 6.45) is 3.67. The molecule has 148 valence electrons. The van der Waals surface area contributed by atoms with Crippen molar-refractivity contribution in [3.63, 3.8) is 0 Å².